The van der Waals surface area contributed by atoms with E-state index < -0.39 is 0 Å². The van der Waals surface area contributed by atoms with Crippen LogP contribution in [-0.4, -0.2) is 45.1 Å². The van der Waals surface area contributed by atoms with Crippen molar-refractivity contribution in [3.63, 3.8) is 0 Å². The van der Waals surface area contributed by atoms with Gasteiger partial charge in [-0.2, -0.15) is 4.98 Å². The molecular weight excluding hydrogens is 272 g/mol. The molecule has 1 aliphatic rings. The van der Waals surface area contributed by atoms with Crippen LogP contribution in [0.25, 0.3) is 0 Å². The van der Waals surface area contributed by atoms with E-state index >= 15 is 0 Å². The Balaban J connectivity index is 1.63. The molecule has 0 saturated carbocycles. The molecule has 1 fully saturated rings. The summed E-state index contributed by atoms with van der Waals surface area (Å²) in [5, 5.41) is 3.55. The van der Waals surface area contributed by atoms with Crippen LogP contribution in [0.1, 0.15) is 28.5 Å². The molecule has 0 bridgehead atoms. The molecule has 0 radical (unpaired) electrons. The summed E-state index contributed by atoms with van der Waals surface area (Å²) in [6, 6.07) is 3.36. The van der Waals surface area contributed by atoms with Crippen molar-refractivity contribution in [1.29, 1.82) is 0 Å². The summed E-state index contributed by atoms with van der Waals surface area (Å²) in [5.41, 5.74) is 0.866. The molecule has 0 N–H and O–H groups in total. The monoisotopic (exact) mass is 288 g/mol. The largest absolute Gasteiger partial charge is 0.472 e. The highest BCUT2D eigenvalue weighted by Crippen LogP contribution is 2.19. The molecule has 21 heavy (non-hydrogen) atoms. The lowest BCUT2D eigenvalue weighted by molar-refractivity contribution is 0.0730. The number of likely N-dealkylation sites (tertiary alicyclic amines) is 1. The highest BCUT2D eigenvalue weighted by Gasteiger charge is 2.30. The van der Waals surface area contributed by atoms with Gasteiger partial charge in [0.25, 0.3) is 5.91 Å². The molecule has 110 valence electrons. The number of amides is 1. The molecule has 3 rings (SSSR count). The topological polar surface area (TPSA) is 81.4 Å². The highest BCUT2D eigenvalue weighted by atomic mass is 16.5. The van der Waals surface area contributed by atoms with E-state index in [0.29, 0.717) is 24.8 Å². The molecule has 2 aromatic rings. The molecule has 3 heterocycles. The summed E-state index contributed by atoms with van der Waals surface area (Å²) >= 11 is 0. The fraction of sp³-hybridized carbons (Fsp3) is 0.429. The normalized spacial score (nSPS) is 18.0. The third-order valence-corrected chi connectivity index (χ3v) is 3.31. The fourth-order valence-electron chi connectivity index (χ4n) is 2.40. The van der Waals surface area contributed by atoms with E-state index in [0.717, 1.165) is 12.1 Å². The van der Waals surface area contributed by atoms with E-state index in [1.165, 1.54) is 6.20 Å². The number of carbonyl (C=O) groups is 1. The maximum absolute atomic E-state index is 12.1. The smallest absolute Gasteiger partial charge is 0.292 e. The van der Waals surface area contributed by atoms with Gasteiger partial charge in [-0.05, 0) is 13.8 Å². The zero-order valence-corrected chi connectivity index (χ0v) is 11.9. The number of aromatic nitrogens is 3. The maximum atomic E-state index is 12.1. The second kappa shape index (κ2) is 5.51. The van der Waals surface area contributed by atoms with Gasteiger partial charge in [0.05, 0.1) is 12.7 Å². The zero-order chi connectivity index (χ0) is 14.8. The predicted molar refractivity (Wildman–Crippen MR) is 72.9 cm³/mol. The van der Waals surface area contributed by atoms with Gasteiger partial charge in [-0.25, -0.2) is 4.98 Å². The van der Waals surface area contributed by atoms with Gasteiger partial charge < -0.3 is 14.2 Å². The van der Waals surface area contributed by atoms with Gasteiger partial charge in [0, 0.05) is 30.8 Å². The average molecular weight is 288 g/mol. The second-order valence-electron chi connectivity index (χ2n) is 5.05. The molecule has 1 aliphatic heterocycles. The van der Waals surface area contributed by atoms with Gasteiger partial charge in [-0.15, -0.1) is 0 Å². The van der Waals surface area contributed by atoms with Crippen LogP contribution in [0.15, 0.2) is 22.9 Å². The fourth-order valence-corrected chi connectivity index (χ4v) is 2.40. The van der Waals surface area contributed by atoms with Gasteiger partial charge in [0.2, 0.25) is 11.6 Å². The van der Waals surface area contributed by atoms with E-state index in [9.17, 15) is 4.79 Å². The minimum atomic E-state index is -0.159. The van der Waals surface area contributed by atoms with Crippen LogP contribution < -0.4 is 4.74 Å². The predicted octanol–water partition coefficient (Wildman–Crippen LogP) is 1.37. The Labute approximate surface area is 121 Å². The van der Waals surface area contributed by atoms with Crippen LogP contribution in [-0.2, 0) is 0 Å². The first-order chi connectivity index (χ1) is 10.1. The molecule has 0 aliphatic carbocycles. The average Bonchev–Trinajstić information content (AvgIpc) is 3.07. The lowest BCUT2D eigenvalue weighted by Crippen LogP contribution is -2.30. The summed E-state index contributed by atoms with van der Waals surface area (Å²) < 4.78 is 10.7. The first-order valence-electron chi connectivity index (χ1n) is 6.81. The Morgan fingerprint density at radius 1 is 1.43 bits per heavy atom. The Morgan fingerprint density at radius 3 is 3.00 bits per heavy atom. The van der Waals surface area contributed by atoms with Crippen molar-refractivity contribution >= 4 is 5.91 Å². The standard InChI is InChI=1S/C14H16N4O3/c1-9-7-13(17-10(2)16-9)20-11-4-6-18(8-11)14(19)12-3-5-15-21-12/h3,5,7,11H,4,6,8H2,1-2H3. The molecule has 1 atom stereocenters. The maximum Gasteiger partial charge on any atom is 0.292 e. The SMILES string of the molecule is Cc1cc(OC2CCN(C(=O)c3ccno3)C2)nc(C)n1. The number of carbonyl (C=O) groups excluding carboxylic acids is 1. The van der Waals surface area contributed by atoms with Crippen LogP contribution >= 0.6 is 0 Å². The molecule has 2 aromatic heterocycles. The summed E-state index contributed by atoms with van der Waals surface area (Å²) in [6.07, 6.45) is 2.16. The number of nitrogens with zero attached hydrogens (tertiary/aromatic N) is 4. The van der Waals surface area contributed by atoms with E-state index in [1.807, 2.05) is 13.8 Å². The third kappa shape index (κ3) is 3.01. The third-order valence-electron chi connectivity index (χ3n) is 3.31. The summed E-state index contributed by atoms with van der Waals surface area (Å²) in [5.74, 6) is 1.33. The Kier molecular flexibility index (Phi) is 3.55. The number of hydrogen-bond donors (Lipinski definition) is 0. The Morgan fingerprint density at radius 2 is 2.29 bits per heavy atom. The van der Waals surface area contributed by atoms with Crippen molar-refractivity contribution in [2.45, 2.75) is 26.4 Å². The molecule has 0 spiro atoms. The van der Waals surface area contributed by atoms with Crippen LogP contribution in [0.4, 0.5) is 0 Å². The van der Waals surface area contributed by atoms with E-state index in [-0.39, 0.29) is 17.8 Å². The van der Waals surface area contributed by atoms with Gasteiger partial charge >= 0.3 is 0 Å². The minimum Gasteiger partial charge on any atom is -0.472 e. The molecule has 1 unspecified atom stereocenters. The Bertz CT molecular complexity index is 621. The molecule has 7 nitrogen and oxygen atoms in total. The van der Waals surface area contributed by atoms with Crippen molar-refractivity contribution in [2.75, 3.05) is 13.1 Å². The zero-order valence-electron chi connectivity index (χ0n) is 11.9. The first kappa shape index (κ1) is 13.5. The number of hydrogen-bond acceptors (Lipinski definition) is 6. The van der Waals surface area contributed by atoms with Gasteiger partial charge in [-0.3, -0.25) is 4.79 Å². The Hall–Kier alpha value is -2.44. The van der Waals surface area contributed by atoms with Gasteiger partial charge in [0.15, 0.2) is 0 Å². The van der Waals surface area contributed by atoms with E-state index in [2.05, 4.69) is 15.1 Å². The summed E-state index contributed by atoms with van der Waals surface area (Å²) in [7, 11) is 0. The van der Waals surface area contributed by atoms with Gasteiger partial charge in [0.1, 0.15) is 11.9 Å². The van der Waals surface area contributed by atoms with E-state index in [1.54, 1.807) is 17.0 Å². The van der Waals surface area contributed by atoms with Crippen molar-refractivity contribution in [3.05, 3.63) is 35.6 Å². The molecular formula is C14H16N4O3. The number of ether oxygens (including phenoxy) is 1. The van der Waals surface area contributed by atoms with Crippen molar-refractivity contribution < 1.29 is 14.1 Å². The van der Waals surface area contributed by atoms with Crippen molar-refractivity contribution in [3.8, 4) is 5.88 Å². The summed E-state index contributed by atoms with van der Waals surface area (Å²) in [4.78, 5) is 22.3. The molecule has 1 amide bonds. The highest BCUT2D eigenvalue weighted by molar-refractivity contribution is 5.91. The molecule has 0 aromatic carbocycles. The molecule has 7 heteroatoms. The van der Waals surface area contributed by atoms with Crippen LogP contribution in [0.5, 0.6) is 5.88 Å². The van der Waals surface area contributed by atoms with Crippen LogP contribution in [0.3, 0.4) is 0 Å². The van der Waals surface area contributed by atoms with Crippen LogP contribution in [0.2, 0.25) is 0 Å². The van der Waals surface area contributed by atoms with E-state index in [4.69, 9.17) is 9.26 Å². The lowest BCUT2D eigenvalue weighted by Gasteiger charge is -2.15. The second-order valence-corrected chi connectivity index (χ2v) is 5.05. The summed E-state index contributed by atoms with van der Waals surface area (Å²) in [6.45, 7) is 4.87. The van der Waals surface area contributed by atoms with Crippen LogP contribution in [0, 0.1) is 13.8 Å². The number of rotatable bonds is 3. The quantitative estimate of drug-likeness (QED) is 0.848. The number of aryl methyl sites for hydroxylation is 2. The van der Waals surface area contributed by atoms with Gasteiger partial charge in [-0.1, -0.05) is 5.16 Å². The van der Waals surface area contributed by atoms with Crippen molar-refractivity contribution in [1.82, 2.24) is 20.0 Å². The minimum absolute atomic E-state index is 0.0643. The molecule has 1 saturated heterocycles. The lowest BCUT2D eigenvalue weighted by atomic mass is 10.3. The van der Waals surface area contributed by atoms with Crippen molar-refractivity contribution in [2.24, 2.45) is 0 Å². The first-order valence-corrected chi connectivity index (χ1v) is 6.81.